The second-order valence-corrected chi connectivity index (χ2v) is 3.96. The first-order valence-electron chi connectivity index (χ1n) is 5.33. The van der Waals surface area contributed by atoms with E-state index in [1.54, 1.807) is 45.5 Å². The Kier molecular flexibility index (Phi) is 3.01. The highest BCUT2D eigenvalue weighted by atomic mass is 16.5. The number of anilines is 1. The van der Waals surface area contributed by atoms with Gasteiger partial charge in [0.05, 0.1) is 12.8 Å². The predicted molar refractivity (Wildman–Crippen MR) is 66.6 cm³/mol. The van der Waals surface area contributed by atoms with Crippen LogP contribution in [0.2, 0.25) is 0 Å². The van der Waals surface area contributed by atoms with E-state index < -0.39 is 11.7 Å². The summed E-state index contributed by atoms with van der Waals surface area (Å²) in [5.74, 6) is -0.441. The molecule has 0 unspecified atom stereocenters. The average molecular weight is 247 g/mol. The van der Waals surface area contributed by atoms with Crippen molar-refractivity contribution in [3.05, 3.63) is 24.3 Å². The van der Waals surface area contributed by atoms with Gasteiger partial charge in [0.15, 0.2) is 0 Å². The van der Waals surface area contributed by atoms with Gasteiger partial charge in [-0.15, -0.1) is 5.10 Å². The molecule has 18 heavy (non-hydrogen) atoms. The van der Waals surface area contributed by atoms with Crippen LogP contribution >= 0.6 is 0 Å². The molecule has 94 valence electrons. The number of hydrogen-bond donors (Lipinski definition) is 0. The highest BCUT2D eigenvalue weighted by Crippen LogP contribution is 2.22. The van der Waals surface area contributed by atoms with Crippen molar-refractivity contribution in [2.24, 2.45) is 5.10 Å². The van der Waals surface area contributed by atoms with Crippen molar-refractivity contribution in [1.29, 1.82) is 0 Å². The van der Waals surface area contributed by atoms with Crippen LogP contribution in [0.4, 0.5) is 5.69 Å². The van der Waals surface area contributed by atoms with E-state index in [1.165, 1.54) is 4.90 Å². The Hall–Kier alpha value is -2.37. The van der Waals surface area contributed by atoms with E-state index in [0.29, 0.717) is 11.4 Å². The molecule has 1 heterocycles. The van der Waals surface area contributed by atoms with Crippen LogP contribution in [-0.2, 0) is 9.59 Å². The number of hydrogen-bond acceptors (Lipinski definition) is 5. The highest BCUT2D eigenvalue weighted by Gasteiger charge is 2.36. The van der Waals surface area contributed by atoms with Crippen LogP contribution in [0.5, 0.6) is 5.75 Å². The van der Waals surface area contributed by atoms with Crippen molar-refractivity contribution in [1.82, 2.24) is 4.90 Å². The number of methoxy groups -OCH3 is 1. The summed E-state index contributed by atoms with van der Waals surface area (Å²) in [7, 11) is 4.89. The normalized spacial score (nSPS) is 14.8. The molecule has 1 aliphatic heterocycles. The first kappa shape index (κ1) is 12.1. The molecule has 0 atom stereocenters. The van der Waals surface area contributed by atoms with Gasteiger partial charge in [0.1, 0.15) is 5.75 Å². The lowest BCUT2D eigenvalue weighted by Gasteiger charge is -2.11. The largest absolute Gasteiger partial charge is 0.497 e. The fourth-order valence-corrected chi connectivity index (χ4v) is 1.57. The average Bonchev–Trinajstić information content (AvgIpc) is 2.67. The van der Waals surface area contributed by atoms with Gasteiger partial charge in [-0.3, -0.25) is 9.59 Å². The molecule has 1 aliphatic rings. The van der Waals surface area contributed by atoms with Gasteiger partial charge in [0, 0.05) is 14.1 Å². The summed E-state index contributed by atoms with van der Waals surface area (Å²) in [6, 6.07) is 6.75. The summed E-state index contributed by atoms with van der Waals surface area (Å²) in [5.41, 5.74) is 0.533. The molecular weight excluding hydrogens is 234 g/mol. The van der Waals surface area contributed by atoms with Crippen LogP contribution in [0.3, 0.4) is 0 Å². The SMILES string of the molecule is COc1ccc(N2N=C(N(C)C)C(=O)C2=O)cc1. The molecule has 6 nitrogen and oxygen atoms in total. The fourth-order valence-electron chi connectivity index (χ4n) is 1.57. The van der Waals surface area contributed by atoms with Crippen molar-refractivity contribution >= 4 is 23.2 Å². The molecular formula is C12H13N3O3. The number of amidine groups is 1. The van der Waals surface area contributed by atoms with Crippen LogP contribution in [0.25, 0.3) is 0 Å². The number of likely N-dealkylation sites (N-methyl/N-ethyl adjacent to an activating group) is 1. The van der Waals surface area contributed by atoms with Crippen LogP contribution in [0.15, 0.2) is 29.4 Å². The molecule has 0 fully saturated rings. The maximum Gasteiger partial charge on any atom is 0.323 e. The van der Waals surface area contributed by atoms with Gasteiger partial charge in [-0.2, -0.15) is 5.01 Å². The number of amides is 1. The number of rotatable bonds is 2. The quantitative estimate of drug-likeness (QED) is 0.713. The number of ether oxygens (including phenoxy) is 1. The first-order chi connectivity index (χ1) is 8.54. The Morgan fingerprint density at radius 3 is 2.22 bits per heavy atom. The third-order valence-electron chi connectivity index (χ3n) is 2.53. The van der Waals surface area contributed by atoms with Gasteiger partial charge in [0.2, 0.25) is 5.84 Å². The van der Waals surface area contributed by atoms with E-state index >= 15 is 0 Å². The van der Waals surface area contributed by atoms with Gasteiger partial charge in [-0.1, -0.05) is 0 Å². The standard InChI is InChI=1S/C12H13N3O3/c1-14(2)11-10(16)12(17)15(13-11)8-4-6-9(18-3)7-5-8/h4-7H,1-3H3. The van der Waals surface area contributed by atoms with Crippen molar-refractivity contribution < 1.29 is 14.3 Å². The highest BCUT2D eigenvalue weighted by molar-refractivity contribution is 6.69. The smallest absolute Gasteiger partial charge is 0.323 e. The lowest BCUT2D eigenvalue weighted by Crippen LogP contribution is -2.32. The third-order valence-corrected chi connectivity index (χ3v) is 2.53. The molecule has 0 spiro atoms. The van der Waals surface area contributed by atoms with E-state index in [4.69, 9.17) is 4.74 Å². The Balaban J connectivity index is 2.33. The van der Waals surface area contributed by atoms with Gasteiger partial charge < -0.3 is 9.64 Å². The molecule has 1 amide bonds. The number of hydrazone groups is 1. The maximum atomic E-state index is 11.8. The maximum absolute atomic E-state index is 11.8. The third kappa shape index (κ3) is 1.92. The topological polar surface area (TPSA) is 62.2 Å². The molecule has 0 saturated heterocycles. The molecule has 0 N–H and O–H groups in total. The summed E-state index contributed by atoms with van der Waals surface area (Å²) in [5, 5.41) is 5.11. The van der Waals surface area contributed by atoms with E-state index in [1.807, 2.05) is 0 Å². The van der Waals surface area contributed by atoms with E-state index in [-0.39, 0.29) is 5.84 Å². The van der Waals surface area contributed by atoms with Crippen molar-refractivity contribution in [2.75, 3.05) is 26.2 Å². The second-order valence-electron chi connectivity index (χ2n) is 3.96. The molecule has 0 aliphatic carbocycles. The lowest BCUT2D eigenvalue weighted by atomic mass is 10.3. The van der Waals surface area contributed by atoms with Gasteiger partial charge >= 0.3 is 5.91 Å². The first-order valence-corrected chi connectivity index (χ1v) is 5.33. The Morgan fingerprint density at radius 2 is 1.78 bits per heavy atom. The minimum atomic E-state index is -0.649. The monoisotopic (exact) mass is 247 g/mol. The molecule has 0 radical (unpaired) electrons. The summed E-state index contributed by atoms with van der Waals surface area (Å²) in [6.45, 7) is 0. The minimum Gasteiger partial charge on any atom is -0.497 e. The molecule has 0 bridgehead atoms. The zero-order valence-corrected chi connectivity index (χ0v) is 10.4. The molecule has 2 rings (SSSR count). The van der Waals surface area contributed by atoms with Crippen LogP contribution in [0.1, 0.15) is 0 Å². The summed E-state index contributed by atoms with van der Waals surface area (Å²) in [4.78, 5) is 25.0. The Labute approximate surface area is 104 Å². The zero-order chi connectivity index (χ0) is 13.3. The number of carbonyl (C=O) groups excluding carboxylic acids is 2. The van der Waals surface area contributed by atoms with Crippen LogP contribution in [-0.4, -0.2) is 43.6 Å². The molecule has 1 aromatic carbocycles. The zero-order valence-electron chi connectivity index (χ0n) is 10.4. The Morgan fingerprint density at radius 1 is 1.17 bits per heavy atom. The number of ketones is 1. The van der Waals surface area contributed by atoms with Crippen molar-refractivity contribution in [3.8, 4) is 5.75 Å². The van der Waals surface area contributed by atoms with Gasteiger partial charge in [0.25, 0.3) is 5.78 Å². The van der Waals surface area contributed by atoms with E-state index in [2.05, 4.69) is 5.10 Å². The summed E-state index contributed by atoms with van der Waals surface area (Å²) < 4.78 is 5.02. The molecule has 1 aromatic rings. The Bertz CT molecular complexity index is 520. The van der Waals surface area contributed by atoms with Crippen molar-refractivity contribution in [2.45, 2.75) is 0 Å². The van der Waals surface area contributed by atoms with Crippen LogP contribution in [0, 0.1) is 0 Å². The molecule has 0 aromatic heterocycles. The summed E-state index contributed by atoms with van der Waals surface area (Å²) in [6.07, 6.45) is 0. The molecule has 6 heteroatoms. The van der Waals surface area contributed by atoms with Crippen LogP contribution < -0.4 is 9.75 Å². The summed E-state index contributed by atoms with van der Waals surface area (Å²) >= 11 is 0. The van der Waals surface area contributed by atoms with Gasteiger partial charge in [-0.05, 0) is 24.3 Å². The van der Waals surface area contributed by atoms with Gasteiger partial charge in [-0.25, -0.2) is 0 Å². The van der Waals surface area contributed by atoms with Crippen molar-refractivity contribution in [3.63, 3.8) is 0 Å². The fraction of sp³-hybridized carbons (Fsp3) is 0.250. The number of Topliss-reactive ketones (excluding diaryl/α,β-unsaturated/α-hetero) is 1. The van der Waals surface area contributed by atoms with E-state index in [0.717, 1.165) is 5.01 Å². The molecule has 0 saturated carbocycles. The number of benzene rings is 1. The minimum absolute atomic E-state index is 0.135. The lowest BCUT2D eigenvalue weighted by molar-refractivity contribution is -0.131. The second kappa shape index (κ2) is 4.48. The predicted octanol–water partition coefficient (Wildman–Crippen LogP) is 0.486. The van der Waals surface area contributed by atoms with E-state index in [9.17, 15) is 9.59 Å². The number of carbonyl (C=O) groups is 2. The number of nitrogens with zero attached hydrogens (tertiary/aromatic N) is 3.